The number of rotatable bonds is 7. The third kappa shape index (κ3) is 5.16. The molecule has 1 N–H and O–H groups in total. The summed E-state index contributed by atoms with van der Waals surface area (Å²) in [5.74, 6) is -1.91. The van der Waals surface area contributed by atoms with Crippen LogP contribution in [0.2, 0.25) is 5.02 Å². The van der Waals surface area contributed by atoms with E-state index in [0.717, 1.165) is 0 Å². The van der Waals surface area contributed by atoms with Crippen LogP contribution in [0.15, 0.2) is 66.7 Å². The number of carbonyl (C=O) groups excluding carboxylic acids is 3. The Bertz CT molecular complexity index is 1210. The Morgan fingerprint density at radius 2 is 1.72 bits per heavy atom. The number of carbonyl (C=O) groups is 3. The van der Waals surface area contributed by atoms with Gasteiger partial charge in [-0.05, 0) is 31.2 Å². The summed E-state index contributed by atoms with van der Waals surface area (Å²) < 4.78 is 5.00. The number of esters is 1. The van der Waals surface area contributed by atoms with Crippen LogP contribution in [0, 0.1) is 17.0 Å². The van der Waals surface area contributed by atoms with Gasteiger partial charge in [-0.2, -0.15) is 0 Å². The second-order valence-corrected chi connectivity index (χ2v) is 7.15. The van der Waals surface area contributed by atoms with Crippen molar-refractivity contribution in [3.05, 3.63) is 104 Å². The van der Waals surface area contributed by atoms with Gasteiger partial charge in [-0.3, -0.25) is 19.7 Å². The quantitative estimate of drug-likeness (QED) is 0.243. The summed E-state index contributed by atoms with van der Waals surface area (Å²) in [5, 5.41) is 13.9. The van der Waals surface area contributed by atoms with E-state index >= 15 is 0 Å². The van der Waals surface area contributed by atoms with E-state index in [4.69, 9.17) is 16.3 Å². The van der Waals surface area contributed by atoms with Crippen molar-refractivity contribution in [2.75, 3.05) is 11.9 Å². The molecule has 3 aromatic carbocycles. The second kappa shape index (κ2) is 9.84. The topological polar surface area (TPSA) is 116 Å². The molecular weight excluding hydrogens is 436 g/mol. The van der Waals surface area contributed by atoms with E-state index in [1.807, 2.05) is 0 Å². The van der Waals surface area contributed by atoms with Crippen molar-refractivity contribution in [2.45, 2.75) is 6.92 Å². The van der Waals surface area contributed by atoms with Crippen molar-refractivity contribution in [3.63, 3.8) is 0 Å². The highest BCUT2D eigenvalue weighted by atomic mass is 35.5. The molecule has 3 aromatic rings. The number of hydrogen-bond donors (Lipinski definition) is 1. The molecule has 0 bridgehead atoms. The van der Waals surface area contributed by atoms with E-state index in [1.54, 1.807) is 30.3 Å². The van der Waals surface area contributed by atoms with Gasteiger partial charge >= 0.3 is 5.97 Å². The predicted molar refractivity (Wildman–Crippen MR) is 118 cm³/mol. The minimum Gasteiger partial charge on any atom is -0.452 e. The molecule has 0 heterocycles. The van der Waals surface area contributed by atoms with Crippen molar-refractivity contribution < 1.29 is 24.0 Å². The highest BCUT2D eigenvalue weighted by Crippen LogP contribution is 2.24. The molecule has 0 aliphatic heterocycles. The van der Waals surface area contributed by atoms with Crippen LogP contribution in [0.25, 0.3) is 0 Å². The van der Waals surface area contributed by atoms with E-state index in [0.29, 0.717) is 10.6 Å². The number of nitro benzene ring substituents is 1. The summed E-state index contributed by atoms with van der Waals surface area (Å²) >= 11 is 6.02. The monoisotopic (exact) mass is 452 g/mol. The van der Waals surface area contributed by atoms with E-state index in [-0.39, 0.29) is 33.8 Å². The van der Waals surface area contributed by atoms with Gasteiger partial charge in [0.1, 0.15) is 0 Å². The molecule has 162 valence electrons. The van der Waals surface area contributed by atoms with Gasteiger partial charge in [0.2, 0.25) is 0 Å². The summed E-state index contributed by atoms with van der Waals surface area (Å²) in [6, 6.07) is 16.9. The Morgan fingerprint density at radius 1 is 1.00 bits per heavy atom. The Kier molecular flexibility index (Phi) is 6.97. The summed E-state index contributed by atoms with van der Waals surface area (Å²) in [6.07, 6.45) is 0. The number of hydrogen-bond acceptors (Lipinski definition) is 6. The number of nitro groups is 1. The maximum atomic E-state index is 12.8. The summed E-state index contributed by atoms with van der Waals surface area (Å²) in [6.45, 7) is 0.770. The molecule has 0 spiro atoms. The number of amides is 1. The summed E-state index contributed by atoms with van der Waals surface area (Å²) in [5.41, 5.74) is 0.690. The molecule has 3 rings (SSSR count). The predicted octanol–water partition coefficient (Wildman–Crippen LogP) is 4.58. The van der Waals surface area contributed by atoms with E-state index < -0.39 is 23.4 Å². The number of ketones is 1. The van der Waals surface area contributed by atoms with Crippen LogP contribution >= 0.6 is 11.6 Å². The first-order valence-electron chi connectivity index (χ1n) is 9.38. The van der Waals surface area contributed by atoms with Gasteiger partial charge < -0.3 is 10.1 Å². The van der Waals surface area contributed by atoms with Gasteiger partial charge in [0, 0.05) is 27.8 Å². The molecule has 0 unspecified atom stereocenters. The second-order valence-electron chi connectivity index (χ2n) is 6.72. The molecule has 0 atom stereocenters. The molecule has 32 heavy (non-hydrogen) atoms. The van der Waals surface area contributed by atoms with Gasteiger partial charge in [0.25, 0.3) is 11.6 Å². The van der Waals surface area contributed by atoms with Crippen molar-refractivity contribution in [1.29, 1.82) is 0 Å². The van der Waals surface area contributed by atoms with Crippen molar-refractivity contribution in [1.82, 2.24) is 0 Å². The highest BCUT2D eigenvalue weighted by Gasteiger charge is 2.21. The first kappa shape index (κ1) is 22.6. The zero-order valence-electron chi connectivity index (χ0n) is 16.8. The molecular formula is C23H17ClN2O6. The number of nitrogens with zero attached hydrogens (tertiary/aromatic N) is 1. The number of halogens is 1. The lowest BCUT2D eigenvalue weighted by molar-refractivity contribution is -0.385. The number of nitrogens with one attached hydrogen (secondary N) is 1. The average Bonchev–Trinajstić information content (AvgIpc) is 2.78. The standard InChI is InChI=1S/C23H17ClN2O6/c1-14-17(8-5-9-20(14)26(30)31)23(29)32-13-21(27)25-19-11-10-16(24)12-18(19)22(28)15-6-3-2-4-7-15/h2-12H,13H2,1H3,(H,25,27). The number of anilines is 1. The van der Waals surface area contributed by atoms with Gasteiger partial charge in [0.15, 0.2) is 12.4 Å². The highest BCUT2D eigenvalue weighted by molar-refractivity contribution is 6.31. The van der Waals surface area contributed by atoms with Crippen LogP contribution < -0.4 is 5.32 Å². The lowest BCUT2D eigenvalue weighted by atomic mass is 10.0. The molecule has 0 fully saturated rings. The van der Waals surface area contributed by atoms with E-state index in [9.17, 15) is 24.5 Å². The van der Waals surface area contributed by atoms with Gasteiger partial charge in [-0.25, -0.2) is 4.79 Å². The first-order chi connectivity index (χ1) is 15.3. The van der Waals surface area contributed by atoms with Gasteiger partial charge in [-0.15, -0.1) is 0 Å². The first-order valence-corrected chi connectivity index (χ1v) is 9.76. The van der Waals surface area contributed by atoms with Gasteiger partial charge in [0.05, 0.1) is 16.2 Å². The van der Waals surface area contributed by atoms with Crippen molar-refractivity contribution in [3.8, 4) is 0 Å². The Hall–Kier alpha value is -4.04. The third-order valence-electron chi connectivity index (χ3n) is 4.59. The zero-order chi connectivity index (χ0) is 23.3. The Labute approximate surface area is 187 Å². The fourth-order valence-corrected chi connectivity index (χ4v) is 3.17. The minimum absolute atomic E-state index is 0.0153. The molecule has 9 heteroatoms. The van der Waals surface area contributed by atoms with Crippen LogP contribution in [0.5, 0.6) is 0 Å². The fraction of sp³-hybridized carbons (Fsp3) is 0.0870. The van der Waals surface area contributed by atoms with Crippen LogP contribution in [0.4, 0.5) is 11.4 Å². The van der Waals surface area contributed by atoms with Crippen LogP contribution in [0.3, 0.4) is 0 Å². The van der Waals surface area contributed by atoms with Crippen LogP contribution in [-0.2, 0) is 9.53 Å². The maximum absolute atomic E-state index is 12.8. The molecule has 0 radical (unpaired) electrons. The normalized spacial score (nSPS) is 10.3. The lowest BCUT2D eigenvalue weighted by Crippen LogP contribution is -2.22. The summed E-state index contributed by atoms with van der Waals surface area (Å²) in [4.78, 5) is 47.9. The third-order valence-corrected chi connectivity index (χ3v) is 4.83. The maximum Gasteiger partial charge on any atom is 0.339 e. The molecule has 0 aliphatic carbocycles. The molecule has 0 aromatic heterocycles. The Balaban J connectivity index is 1.72. The van der Waals surface area contributed by atoms with E-state index in [1.165, 1.54) is 43.3 Å². The largest absolute Gasteiger partial charge is 0.452 e. The van der Waals surface area contributed by atoms with Crippen LogP contribution in [-0.4, -0.2) is 29.2 Å². The molecule has 8 nitrogen and oxygen atoms in total. The molecule has 0 aliphatic rings. The molecule has 1 amide bonds. The number of benzene rings is 3. The van der Waals surface area contributed by atoms with Gasteiger partial charge in [-0.1, -0.05) is 48.0 Å². The summed E-state index contributed by atoms with van der Waals surface area (Å²) in [7, 11) is 0. The van der Waals surface area contributed by atoms with E-state index in [2.05, 4.69) is 5.32 Å². The smallest absolute Gasteiger partial charge is 0.339 e. The van der Waals surface area contributed by atoms with Crippen molar-refractivity contribution >= 4 is 40.6 Å². The SMILES string of the molecule is Cc1c(C(=O)OCC(=O)Nc2ccc(Cl)cc2C(=O)c2ccccc2)cccc1[N+](=O)[O-]. The van der Waals surface area contributed by atoms with Crippen molar-refractivity contribution in [2.24, 2.45) is 0 Å². The average molecular weight is 453 g/mol. The minimum atomic E-state index is -0.877. The molecule has 0 saturated heterocycles. The number of ether oxygens (including phenoxy) is 1. The zero-order valence-corrected chi connectivity index (χ0v) is 17.6. The Morgan fingerprint density at radius 3 is 2.41 bits per heavy atom. The molecule has 0 saturated carbocycles. The van der Waals surface area contributed by atoms with Crippen LogP contribution in [0.1, 0.15) is 31.8 Å². The lowest BCUT2D eigenvalue weighted by Gasteiger charge is -2.12. The fourth-order valence-electron chi connectivity index (χ4n) is 3.00.